The van der Waals surface area contributed by atoms with Gasteiger partial charge in [0.25, 0.3) is 11.8 Å². The van der Waals surface area contributed by atoms with Gasteiger partial charge in [-0.3, -0.25) is 9.59 Å². The maximum atomic E-state index is 14.2. The fourth-order valence-corrected chi connectivity index (χ4v) is 2.78. The van der Waals surface area contributed by atoms with Crippen LogP contribution in [0.25, 0.3) is 0 Å². The van der Waals surface area contributed by atoms with E-state index in [1.165, 1.54) is 17.5 Å². The molecule has 0 aliphatic heterocycles. The molecule has 2 rings (SSSR count). The van der Waals surface area contributed by atoms with E-state index in [9.17, 15) is 18.4 Å². The Morgan fingerprint density at radius 3 is 2.65 bits per heavy atom. The SMILES string of the molecule is NC(=O)c1csc(CNC(=O)C(F)(F)c2cccc(Cl)c2Cl)n1. The number of hydrogen-bond donors (Lipinski definition) is 2. The predicted octanol–water partition coefficient (Wildman–Crippen LogP) is 2.96. The van der Waals surface area contributed by atoms with Crippen molar-refractivity contribution < 1.29 is 18.4 Å². The van der Waals surface area contributed by atoms with Crippen molar-refractivity contribution in [3.63, 3.8) is 0 Å². The highest BCUT2D eigenvalue weighted by molar-refractivity contribution is 7.09. The molecule has 10 heteroatoms. The molecular weight excluding hydrogens is 371 g/mol. The highest BCUT2D eigenvalue weighted by atomic mass is 35.5. The van der Waals surface area contributed by atoms with E-state index < -0.39 is 23.3 Å². The summed E-state index contributed by atoms with van der Waals surface area (Å²) in [6, 6.07) is 3.62. The number of benzene rings is 1. The number of aromatic nitrogens is 1. The monoisotopic (exact) mass is 379 g/mol. The van der Waals surface area contributed by atoms with Crippen LogP contribution in [0.4, 0.5) is 8.78 Å². The molecule has 0 radical (unpaired) electrons. The van der Waals surface area contributed by atoms with E-state index in [2.05, 4.69) is 4.98 Å². The number of amides is 2. The van der Waals surface area contributed by atoms with Crippen molar-refractivity contribution in [3.05, 3.63) is 49.9 Å². The molecular formula is C13H9Cl2F2N3O2S. The largest absolute Gasteiger partial charge is 0.364 e. The van der Waals surface area contributed by atoms with E-state index in [0.717, 1.165) is 17.4 Å². The number of carbonyl (C=O) groups excluding carboxylic acids is 2. The third kappa shape index (κ3) is 3.77. The van der Waals surface area contributed by atoms with Crippen molar-refractivity contribution in [2.75, 3.05) is 0 Å². The van der Waals surface area contributed by atoms with E-state index >= 15 is 0 Å². The Balaban J connectivity index is 2.12. The van der Waals surface area contributed by atoms with Gasteiger partial charge in [0.1, 0.15) is 10.7 Å². The molecule has 2 aromatic rings. The summed E-state index contributed by atoms with van der Waals surface area (Å²) in [5.74, 6) is -6.17. The molecule has 1 aromatic heterocycles. The number of nitrogens with two attached hydrogens (primary N) is 1. The summed E-state index contributed by atoms with van der Waals surface area (Å²) in [4.78, 5) is 26.5. The number of alkyl halides is 2. The summed E-state index contributed by atoms with van der Waals surface area (Å²) in [5.41, 5.74) is 4.34. The summed E-state index contributed by atoms with van der Waals surface area (Å²) in [6.45, 7) is -0.273. The molecule has 0 spiro atoms. The molecule has 122 valence electrons. The molecule has 1 aromatic carbocycles. The normalized spacial score (nSPS) is 11.3. The fraction of sp³-hybridized carbons (Fsp3) is 0.154. The lowest BCUT2D eigenvalue weighted by molar-refractivity contribution is -0.147. The van der Waals surface area contributed by atoms with Crippen LogP contribution in [-0.2, 0) is 17.3 Å². The van der Waals surface area contributed by atoms with Crippen LogP contribution in [0.1, 0.15) is 21.1 Å². The predicted molar refractivity (Wildman–Crippen MR) is 82.8 cm³/mol. The van der Waals surface area contributed by atoms with Crippen LogP contribution in [0.3, 0.4) is 0 Å². The van der Waals surface area contributed by atoms with Crippen LogP contribution in [0.5, 0.6) is 0 Å². The topological polar surface area (TPSA) is 85.1 Å². The average Bonchev–Trinajstić information content (AvgIpc) is 2.96. The Morgan fingerprint density at radius 1 is 1.35 bits per heavy atom. The number of nitrogens with one attached hydrogen (secondary N) is 1. The maximum absolute atomic E-state index is 14.2. The van der Waals surface area contributed by atoms with E-state index in [0.29, 0.717) is 0 Å². The van der Waals surface area contributed by atoms with Gasteiger partial charge in [0.05, 0.1) is 22.2 Å². The molecule has 0 aliphatic carbocycles. The summed E-state index contributed by atoms with van der Waals surface area (Å²) < 4.78 is 28.4. The Hall–Kier alpha value is -1.77. The molecule has 0 fully saturated rings. The zero-order chi connectivity index (χ0) is 17.2. The van der Waals surface area contributed by atoms with Crippen molar-refractivity contribution in [3.8, 4) is 0 Å². The Bertz CT molecular complexity index is 767. The fourth-order valence-electron chi connectivity index (χ4n) is 1.64. The highest BCUT2D eigenvalue weighted by Crippen LogP contribution is 2.37. The molecule has 1 heterocycles. The Labute approximate surface area is 143 Å². The minimum atomic E-state index is -3.87. The van der Waals surface area contributed by atoms with Gasteiger partial charge in [-0.15, -0.1) is 11.3 Å². The van der Waals surface area contributed by atoms with Crippen molar-refractivity contribution in [2.45, 2.75) is 12.5 Å². The molecule has 0 aliphatic rings. The molecule has 2 amide bonds. The minimum absolute atomic E-state index is 0.00361. The summed E-state index contributed by atoms with van der Waals surface area (Å²) >= 11 is 12.4. The Kier molecular flexibility index (Phi) is 5.18. The van der Waals surface area contributed by atoms with Gasteiger partial charge in [0.15, 0.2) is 0 Å². The lowest BCUT2D eigenvalue weighted by atomic mass is 10.1. The molecule has 0 saturated carbocycles. The summed E-state index contributed by atoms with van der Waals surface area (Å²) in [5, 5.41) is 3.21. The van der Waals surface area contributed by atoms with Crippen molar-refractivity contribution in [1.82, 2.24) is 10.3 Å². The number of rotatable bonds is 5. The standard InChI is InChI=1S/C13H9Cl2F2N3O2S/c14-7-3-1-2-6(10(7)15)13(16,17)12(22)19-4-9-20-8(5-23-9)11(18)21/h1-3,5H,4H2,(H2,18,21)(H,19,22). The lowest BCUT2D eigenvalue weighted by Gasteiger charge is -2.17. The molecule has 0 bridgehead atoms. The molecule has 0 saturated heterocycles. The first-order valence-electron chi connectivity index (χ1n) is 6.08. The maximum Gasteiger partial charge on any atom is 0.351 e. The number of nitrogens with zero attached hydrogens (tertiary/aromatic N) is 1. The number of thiazole rings is 1. The molecule has 3 N–H and O–H groups in total. The average molecular weight is 380 g/mol. The van der Waals surface area contributed by atoms with Gasteiger partial charge in [-0.1, -0.05) is 35.3 Å². The highest BCUT2D eigenvalue weighted by Gasteiger charge is 2.42. The van der Waals surface area contributed by atoms with Gasteiger partial charge < -0.3 is 11.1 Å². The third-order valence-electron chi connectivity index (χ3n) is 2.78. The van der Waals surface area contributed by atoms with Crippen molar-refractivity contribution in [2.24, 2.45) is 5.73 Å². The second-order valence-corrected chi connectivity index (χ2v) is 6.08. The first-order valence-corrected chi connectivity index (χ1v) is 7.72. The first-order chi connectivity index (χ1) is 10.7. The molecule has 0 unspecified atom stereocenters. The van der Waals surface area contributed by atoms with Gasteiger partial charge in [0.2, 0.25) is 0 Å². The number of hydrogen-bond acceptors (Lipinski definition) is 4. The van der Waals surface area contributed by atoms with Crippen LogP contribution in [-0.4, -0.2) is 16.8 Å². The lowest BCUT2D eigenvalue weighted by Crippen LogP contribution is -2.38. The van der Waals surface area contributed by atoms with Gasteiger partial charge >= 0.3 is 5.92 Å². The quantitative estimate of drug-likeness (QED) is 0.837. The summed E-state index contributed by atoms with van der Waals surface area (Å²) in [7, 11) is 0. The Morgan fingerprint density at radius 2 is 2.04 bits per heavy atom. The van der Waals surface area contributed by atoms with E-state index in [-0.39, 0.29) is 27.3 Å². The zero-order valence-electron chi connectivity index (χ0n) is 11.3. The van der Waals surface area contributed by atoms with Crippen LogP contribution in [0.15, 0.2) is 23.6 Å². The zero-order valence-corrected chi connectivity index (χ0v) is 13.6. The van der Waals surface area contributed by atoms with Gasteiger partial charge in [-0.05, 0) is 6.07 Å². The molecule has 23 heavy (non-hydrogen) atoms. The third-order valence-corrected chi connectivity index (χ3v) is 4.45. The van der Waals surface area contributed by atoms with Gasteiger partial charge in [-0.25, -0.2) is 4.98 Å². The summed E-state index contributed by atoms with van der Waals surface area (Å²) in [6.07, 6.45) is 0. The number of primary amides is 1. The van der Waals surface area contributed by atoms with E-state index in [1.54, 1.807) is 0 Å². The van der Waals surface area contributed by atoms with Crippen LogP contribution >= 0.6 is 34.5 Å². The van der Waals surface area contributed by atoms with E-state index in [1.807, 2.05) is 5.32 Å². The number of carbonyl (C=O) groups is 2. The van der Waals surface area contributed by atoms with Crippen LogP contribution in [0, 0.1) is 0 Å². The number of halogens is 4. The second kappa shape index (κ2) is 6.77. The van der Waals surface area contributed by atoms with Crippen molar-refractivity contribution in [1.29, 1.82) is 0 Å². The van der Waals surface area contributed by atoms with Crippen LogP contribution in [0.2, 0.25) is 10.0 Å². The van der Waals surface area contributed by atoms with Crippen molar-refractivity contribution >= 4 is 46.4 Å². The molecule has 0 atom stereocenters. The molecule has 5 nitrogen and oxygen atoms in total. The van der Waals surface area contributed by atoms with Gasteiger partial charge in [-0.2, -0.15) is 8.78 Å². The van der Waals surface area contributed by atoms with Gasteiger partial charge in [0, 0.05) is 5.38 Å². The van der Waals surface area contributed by atoms with Crippen LogP contribution < -0.4 is 11.1 Å². The van der Waals surface area contributed by atoms with E-state index in [4.69, 9.17) is 28.9 Å². The minimum Gasteiger partial charge on any atom is -0.364 e. The second-order valence-electron chi connectivity index (χ2n) is 4.35. The smallest absolute Gasteiger partial charge is 0.351 e. The first kappa shape index (κ1) is 17.6.